The van der Waals surface area contributed by atoms with Crippen LogP contribution in [0.2, 0.25) is 10.0 Å². The molecule has 2 aromatic rings. The number of hydrogen-bond donors (Lipinski definition) is 2. The minimum atomic E-state index is 0.244. The lowest BCUT2D eigenvalue weighted by atomic mass is 10.1. The van der Waals surface area contributed by atoms with Crippen LogP contribution in [-0.2, 0) is 24.4 Å². The van der Waals surface area contributed by atoms with Crippen LogP contribution in [0.5, 0.6) is 0 Å². The number of benzene rings is 2. The van der Waals surface area contributed by atoms with Crippen LogP contribution in [0.3, 0.4) is 0 Å². The number of rotatable bonds is 6. The number of carbonyl (C=O) groups excluding carboxylic acids is 1. The molecule has 0 saturated carbocycles. The first kappa shape index (κ1) is 20.5. The lowest BCUT2D eigenvalue weighted by Gasteiger charge is -2.16. The molecule has 1 saturated heterocycles. The smallest absolute Gasteiger partial charge is 0.222 e. The summed E-state index contributed by atoms with van der Waals surface area (Å²) in [6, 6.07) is 13.7. The van der Waals surface area contributed by atoms with Crippen LogP contribution in [0.4, 0.5) is 0 Å². The number of nitrogens with zero attached hydrogens (tertiary/aromatic N) is 2. The van der Waals surface area contributed by atoms with Gasteiger partial charge >= 0.3 is 0 Å². The highest BCUT2D eigenvalue weighted by Gasteiger charge is 2.19. The molecular formula is C21H24Cl2N4O. The average Bonchev–Trinajstić information content (AvgIpc) is 3.08. The van der Waals surface area contributed by atoms with Crippen molar-refractivity contribution in [2.24, 2.45) is 4.99 Å². The third-order valence-electron chi connectivity index (χ3n) is 4.68. The minimum Gasteiger partial charge on any atom is -0.352 e. The monoisotopic (exact) mass is 418 g/mol. The lowest BCUT2D eigenvalue weighted by Crippen LogP contribution is -2.36. The van der Waals surface area contributed by atoms with Gasteiger partial charge in [0.15, 0.2) is 5.96 Å². The Bertz CT molecular complexity index is 869. The molecule has 5 nitrogen and oxygen atoms in total. The van der Waals surface area contributed by atoms with E-state index in [4.69, 9.17) is 23.2 Å². The maximum atomic E-state index is 11.8. The quantitative estimate of drug-likeness (QED) is 0.550. The summed E-state index contributed by atoms with van der Waals surface area (Å²) < 4.78 is 0. The summed E-state index contributed by atoms with van der Waals surface area (Å²) in [7, 11) is 1.73. The normalized spacial score (nSPS) is 14.5. The molecule has 1 aliphatic rings. The molecular weight excluding hydrogens is 395 g/mol. The van der Waals surface area contributed by atoms with Crippen LogP contribution >= 0.6 is 23.2 Å². The van der Waals surface area contributed by atoms with Crippen molar-refractivity contribution in [1.82, 2.24) is 15.5 Å². The van der Waals surface area contributed by atoms with Gasteiger partial charge in [-0.15, -0.1) is 0 Å². The van der Waals surface area contributed by atoms with E-state index in [0.717, 1.165) is 29.7 Å². The number of aliphatic imine (C=N–C) groups is 1. The van der Waals surface area contributed by atoms with E-state index in [0.29, 0.717) is 42.1 Å². The molecule has 0 spiro atoms. The first-order valence-electron chi connectivity index (χ1n) is 9.29. The Labute approximate surface area is 175 Å². The van der Waals surface area contributed by atoms with Gasteiger partial charge in [0.25, 0.3) is 0 Å². The van der Waals surface area contributed by atoms with Gasteiger partial charge in [0.1, 0.15) is 0 Å². The van der Waals surface area contributed by atoms with Crippen molar-refractivity contribution < 1.29 is 4.79 Å². The number of halogens is 2. The fraction of sp³-hybridized carbons (Fsp3) is 0.333. The van der Waals surface area contributed by atoms with Gasteiger partial charge in [-0.2, -0.15) is 0 Å². The highest BCUT2D eigenvalue weighted by molar-refractivity contribution is 6.35. The van der Waals surface area contributed by atoms with Gasteiger partial charge in [0.2, 0.25) is 5.91 Å². The second-order valence-corrected chi connectivity index (χ2v) is 7.60. The Balaban J connectivity index is 1.53. The Morgan fingerprint density at radius 2 is 1.89 bits per heavy atom. The zero-order valence-corrected chi connectivity index (χ0v) is 17.4. The summed E-state index contributed by atoms with van der Waals surface area (Å²) in [5.74, 6) is 0.931. The Morgan fingerprint density at radius 3 is 2.61 bits per heavy atom. The fourth-order valence-electron chi connectivity index (χ4n) is 3.18. The second kappa shape index (κ2) is 9.80. The zero-order valence-electron chi connectivity index (χ0n) is 15.8. The third-order valence-corrected chi connectivity index (χ3v) is 5.27. The lowest BCUT2D eigenvalue weighted by molar-refractivity contribution is -0.128. The van der Waals surface area contributed by atoms with Crippen LogP contribution in [0.15, 0.2) is 47.5 Å². The molecule has 0 bridgehead atoms. The van der Waals surface area contributed by atoms with E-state index < -0.39 is 0 Å². The van der Waals surface area contributed by atoms with Crippen molar-refractivity contribution in [2.45, 2.75) is 32.5 Å². The minimum absolute atomic E-state index is 0.244. The maximum absolute atomic E-state index is 11.8. The van der Waals surface area contributed by atoms with Gasteiger partial charge in [-0.3, -0.25) is 9.79 Å². The van der Waals surface area contributed by atoms with E-state index in [1.54, 1.807) is 13.1 Å². The standard InChI is InChI=1S/C21H24Cl2N4O/c1-24-21(26-13-17-7-8-18(22)11-19(17)23)25-12-15-4-2-5-16(10-15)14-27-9-3-6-20(27)28/h2,4-5,7-8,10-11H,3,6,9,12-14H2,1H3,(H2,24,25,26). The summed E-state index contributed by atoms with van der Waals surface area (Å²) in [5, 5.41) is 7.80. The predicted molar refractivity (Wildman–Crippen MR) is 115 cm³/mol. The van der Waals surface area contributed by atoms with Crippen LogP contribution in [0.1, 0.15) is 29.5 Å². The zero-order chi connectivity index (χ0) is 19.9. The number of carbonyl (C=O) groups is 1. The van der Waals surface area contributed by atoms with Crippen LogP contribution in [-0.4, -0.2) is 30.4 Å². The summed E-state index contributed by atoms with van der Waals surface area (Å²) >= 11 is 12.2. The molecule has 2 N–H and O–H groups in total. The molecule has 0 aliphatic carbocycles. The first-order valence-corrected chi connectivity index (χ1v) is 10.0. The van der Waals surface area contributed by atoms with E-state index in [1.807, 2.05) is 23.1 Å². The van der Waals surface area contributed by atoms with Crippen molar-refractivity contribution in [1.29, 1.82) is 0 Å². The molecule has 1 aliphatic heterocycles. The van der Waals surface area contributed by atoms with Crippen LogP contribution in [0.25, 0.3) is 0 Å². The Hall–Kier alpha value is -2.24. The highest BCUT2D eigenvalue weighted by Crippen LogP contribution is 2.20. The van der Waals surface area contributed by atoms with Crippen LogP contribution < -0.4 is 10.6 Å². The molecule has 0 aromatic heterocycles. The van der Waals surface area contributed by atoms with Gasteiger partial charge in [0.05, 0.1) is 0 Å². The Kier molecular flexibility index (Phi) is 7.18. The average molecular weight is 419 g/mol. The summed E-state index contributed by atoms with van der Waals surface area (Å²) in [6.07, 6.45) is 1.63. The summed E-state index contributed by atoms with van der Waals surface area (Å²) in [4.78, 5) is 18.0. The van der Waals surface area contributed by atoms with E-state index in [2.05, 4.69) is 33.8 Å². The van der Waals surface area contributed by atoms with Crippen molar-refractivity contribution in [3.05, 3.63) is 69.2 Å². The van der Waals surface area contributed by atoms with Gasteiger partial charge in [-0.05, 0) is 35.2 Å². The number of guanidine groups is 1. The number of nitrogens with one attached hydrogen (secondary N) is 2. The van der Waals surface area contributed by atoms with Gasteiger partial charge in [-0.25, -0.2) is 0 Å². The van der Waals surface area contributed by atoms with Crippen molar-refractivity contribution in [3.63, 3.8) is 0 Å². The van der Waals surface area contributed by atoms with Crippen molar-refractivity contribution >= 4 is 35.1 Å². The molecule has 0 radical (unpaired) electrons. The predicted octanol–water partition coefficient (Wildman–Crippen LogP) is 3.98. The maximum Gasteiger partial charge on any atom is 0.222 e. The molecule has 2 aromatic carbocycles. The molecule has 1 amide bonds. The molecule has 1 heterocycles. The SMILES string of the molecule is CN=C(NCc1cccc(CN2CCCC2=O)c1)NCc1ccc(Cl)cc1Cl. The Morgan fingerprint density at radius 1 is 1.11 bits per heavy atom. The summed E-state index contributed by atoms with van der Waals surface area (Å²) in [6.45, 7) is 2.71. The molecule has 1 fully saturated rings. The fourth-order valence-corrected chi connectivity index (χ4v) is 3.66. The first-order chi connectivity index (χ1) is 13.5. The molecule has 148 valence electrons. The molecule has 7 heteroatoms. The molecule has 0 unspecified atom stereocenters. The molecule has 28 heavy (non-hydrogen) atoms. The van der Waals surface area contributed by atoms with Crippen molar-refractivity contribution in [2.75, 3.05) is 13.6 Å². The van der Waals surface area contributed by atoms with Gasteiger partial charge < -0.3 is 15.5 Å². The number of hydrogen-bond acceptors (Lipinski definition) is 2. The topological polar surface area (TPSA) is 56.7 Å². The summed E-state index contributed by atoms with van der Waals surface area (Å²) in [5.41, 5.74) is 3.23. The van der Waals surface area contributed by atoms with Crippen LogP contribution in [0, 0.1) is 0 Å². The third kappa shape index (κ3) is 5.63. The van der Waals surface area contributed by atoms with Gasteiger partial charge in [-0.1, -0.05) is 53.5 Å². The van der Waals surface area contributed by atoms with E-state index in [9.17, 15) is 4.79 Å². The van der Waals surface area contributed by atoms with E-state index in [1.165, 1.54) is 0 Å². The largest absolute Gasteiger partial charge is 0.352 e. The van der Waals surface area contributed by atoms with E-state index in [-0.39, 0.29) is 5.91 Å². The molecule has 0 atom stereocenters. The van der Waals surface area contributed by atoms with Gasteiger partial charge in [0, 0.05) is 49.7 Å². The second-order valence-electron chi connectivity index (χ2n) is 6.75. The number of amides is 1. The number of likely N-dealkylation sites (tertiary alicyclic amines) is 1. The van der Waals surface area contributed by atoms with Crippen molar-refractivity contribution in [3.8, 4) is 0 Å². The molecule has 3 rings (SSSR count). The highest BCUT2D eigenvalue weighted by atomic mass is 35.5. The van der Waals surface area contributed by atoms with E-state index >= 15 is 0 Å².